The molecule has 4 aromatic rings. The molecular weight excluding hydrogens is 370 g/mol. The van der Waals surface area contributed by atoms with Crippen molar-refractivity contribution in [3.63, 3.8) is 0 Å². The monoisotopic (exact) mass is 387 g/mol. The molecule has 1 aliphatic rings. The van der Waals surface area contributed by atoms with Crippen molar-refractivity contribution >= 4 is 5.91 Å². The van der Waals surface area contributed by atoms with Gasteiger partial charge in [-0.3, -0.25) is 9.36 Å². The molecule has 3 heterocycles. The van der Waals surface area contributed by atoms with Crippen molar-refractivity contribution in [1.29, 1.82) is 0 Å². The quantitative estimate of drug-likeness (QED) is 0.579. The van der Waals surface area contributed by atoms with Crippen LogP contribution in [0, 0.1) is 0 Å². The van der Waals surface area contributed by atoms with E-state index in [2.05, 4.69) is 20.7 Å². The number of benzene rings is 2. The van der Waals surface area contributed by atoms with Crippen molar-refractivity contribution in [2.24, 2.45) is 0 Å². The Morgan fingerprint density at radius 1 is 1.14 bits per heavy atom. The number of nitrogens with one attached hydrogen (secondary N) is 1. The predicted octanol–water partition coefficient (Wildman–Crippen LogP) is 2.71. The zero-order valence-corrected chi connectivity index (χ0v) is 15.4. The largest absolute Gasteiger partial charge is 0.489 e. The number of fused-ring (bicyclic) bond motifs is 3. The summed E-state index contributed by atoms with van der Waals surface area (Å²) in [5, 5.41) is 15.0. The fourth-order valence-electron chi connectivity index (χ4n) is 3.33. The highest BCUT2D eigenvalue weighted by molar-refractivity contribution is 5.92. The Balaban J connectivity index is 1.34. The van der Waals surface area contributed by atoms with Crippen molar-refractivity contribution in [2.45, 2.75) is 12.5 Å². The Labute approximate surface area is 166 Å². The Morgan fingerprint density at radius 3 is 2.86 bits per heavy atom. The van der Waals surface area contributed by atoms with E-state index in [1.54, 1.807) is 12.4 Å². The van der Waals surface area contributed by atoms with E-state index in [1.165, 1.54) is 0 Å². The number of ether oxygens (including phenoxy) is 1. The summed E-state index contributed by atoms with van der Waals surface area (Å²) in [4.78, 5) is 12.7. The molecule has 2 aromatic carbocycles. The van der Waals surface area contributed by atoms with Crippen molar-refractivity contribution in [3.05, 3.63) is 89.8 Å². The fourth-order valence-corrected chi connectivity index (χ4v) is 3.33. The molecule has 29 heavy (non-hydrogen) atoms. The molecule has 2 aromatic heterocycles. The van der Waals surface area contributed by atoms with Crippen LogP contribution in [0.4, 0.5) is 0 Å². The number of hydrogen-bond acceptors (Lipinski definition) is 6. The van der Waals surface area contributed by atoms with Gasteiger partial charge in [0, 0.05) is 12.5 Å². The van der Waals surface area contributed by atoms with Gasteiger partial charge in [-0.25, -0.2) is 0 Å². The van der Waals surface area contributed by atoms with Gasteiger partial charge in [0.05, 0.1) is 5.69 Å². The molecule has 144 valence electrons. The molecule has 1 N–H and O–H groups in total. The third-order valence-corrected chi connectivity index (χ3v) is 4.73. The van der Waals surface area contributed by atoms with E-state index in [-0.39, 0.29) is 18.2 Å². The van der Waals surface area contributed by atoms with Crippen molar-refractivity contribution < 1.29 is 14.1 Å². The predicted molar refractivity (Wildman–Crippen MR) is 103 cm³/mol. The van der Waals surface area contributed by atoms with Gasteiger partial charge in [-0.05, 0) is 17.7 Å². The lowest BCUT2D eigenvalue weighted by atomic mass is 10.1. The van der Waals surface area contributed by atoms with E-state index in [4.69, 9.17) is 9.26 Å². The zero-order valence-electron chi connectivity index (χ0n) is 15.4. The second kappa shape index (κ2) is 7.23. The first-order valence-corrected chi connectivity index (χ1v) is 9.20. The summed E-state index contributed by atoms with van der Waals surface area (Å²) in [6.45, 7) is 0.232. The second-order valence-corrected chi connectivity index (χ2v) is 6.70. The molecule has 0 radical (unpaired) electrons. The van der Waals surface area contributed by atoms with Crippen molar-refractivity contribution in [2.75, 3.05) is 6.61 Å². The molecule has 0 spiro atoms. The van der Waals surface area contributed by atoms with Crippen LogP contribution >= 0.6 is 0 Å². The van der Waals surface area contributed by atoms with Crippen LogP contribution in [0.25, 0.3) is 5.69 Å². The van der Waals surface area contributed by atoms with E-state index in [1.807, 2.05) is 59.2 Å². The molecule has 0 bridgehead atoms. The molecule has 8 nitrogen and oxygen atoms in total. The summed E-state index contributed by atoms with van der Waals surface area (Å²) in [7, 11) is 0. The first-order chi connectivity index (χ1) is 14.3. The lowest BCUT2D eigenvalue weighted by Crippen LogP contribution is -2.33. The minimum absolute atomic E-state index is 0.212. The smallest absolute Gasteiger partial charge is 0.274 e. The standard InChI is InChI=1S/C21H17N5O3/c27-21(16-11-15(29-25-16)10-14-6-2-1-3-7-14)23-17-12-28-19-9-5-4-8-18(19)26-13-22-24-20(17)26/h1-9,11,13,17H,10,12H2,(H,23,27)/t17-/m0/s1. The van der Waals surface area contributed by atoms with Gasteiger partial charge < -0.3 is 14.6 Å². The summed E-state index contributed by atoms with van der Waals surface area (Å²) >= 11 is 0. The Morgan fingerprint density at radius 2 is 1.97 bits per heavy atom. The summed E-state index contributed by atoms with van der Waals surface area (Å²) in [6.07, 6.45) is 2.17. The number of carbonyl (C=O) groups excluding carboxylic acids is 1. The normalized spacial score (nSPS) is 15.0. The van der Waals surface area contributed by atoms with Gasteiger partial charge in [0.2, 0.25) is 0 Å². The SMILES string of the molecule is O=C(N[C@H]1COc2ccccc2-n2cnnc21)c1cc(Cc2ccccc2)on1. The molecule has 0 saturated carbocycles. The average molecular weight is 387 g/mol. The molecule has 0 fully saturated rings. The molecular formula is C21H17N5O3. The summed E-state index contributed by atoms with van der Waals surface area (Å²) in [5.74, 6) is 1.56. The highest BCUT2D eigenvalue weighted by Gasteiger charge is 2.27. The summed E-state index contributed by atoms with van der Waals surface area (Å²) in [6, 6.07) is 18.6. The molecule has 8 heteroatoms. The maximum absolute atomic E-state index is 12.7. The van der Waals surface area contributed by atoms with Gasteiger partial charge in [0.1, 0.15) is 30.5 Å². The number of hydrogen-bond donors (Lipinski definition) is 1. The van der Waals surface area contributed by atoms with Crippen molar-refractivity contribution in [3.8, 4) is 11.4 Å². The van der Waals surface area contributed by atoms with Crippen LogP contribution in [0.5, 0.6) is 5.75 Å². The minimum atomic E-state index is -0.480. The third kappa shape index (κ3) is 3.36. The lowest BCUT2D eigenvalue weighted by molar-refractivity contribution is 0.0910. The molecule has 0 unspecified atom stereocenters. The Hall–Kier alpha value is -3.94. The molecule has 5 rings (SSSR count). The highest BCUT2D eigenvalue weighted by Crippen LogP contribution is 2.29. The van der Waals surface area contributed by atoms with Gasteiger partial charge in [-0.15, -0.1) is 10.2 Å². The van der Waals surface area contributed by atoms with Gasteiger partial charge in [0.25, 0.3) is 5.91 Å². The maximum Gasteiger partial charge on any atom is 0.274 e. The topological polar surface area (TPSA) is 95.1 Å². The van der Waals surface area contributed by atoms with Gasteiger partial charge >= 0.3 is 0 Å². The van der Waals surface area contributed by atoms with Crippen LogP contribution in [0.3, 0.4) is 0 Å². The van der Waals surface area contributed by atoms with Gasteiger partial charge in [0.15, 0.2) is 11.5 Å². The van der Waals surface area contributed by atoms with Crippen LogP contribution in [0.2, 0.25) is 0 Å². The van der Waals surface area contributed by atoms with E-state index < -0.39 is 6.04 Å². The van der Waals surface area contributed by atoms with Crippen LogP contribution < -0.4 is 10.1 Å². The van der Waals surface area contributed by atoms with E-state index >= 15 is 0 Å². The minimum Gasteiger partial charge on any atom is -0.489 e. The van der Waals surface area contributed by atoms with E-state index in [0.29, 0.717) is 23.8 Å². The number of aromatic nitrogens is 4. The molecule has 0 aliphatic carbocycles. The average Bonchev–Trinajstić information content (AvgIpc) is 3.39. The van der Waals surface area contributed by atoms with Crippen LogP contribution in [0.1, 0.15) is 33.7 Å². The lowest BCUT2D eigenvalue weighted by Gasteiger charge is -2.14. The number of rotatable bonds is 4. The van der Waals surface area contributed by atoms with E-state index in [0.717, 1.165) is 11.3 Å². The number of nitrogens with zero attached hydrogens (tertiary/aromatic N) is 4. The van der Waals surface area contributed by atoms with Crippen LogP contribution in [-0.2, 0) is 6.42 Å². The fraction of sp³-hybridized carbons (Fsp3) is 0.143. The third-order valence-electron chi connectivity index (χ3n) is 4.73. The molecule has 1 aliphatic heterocycles. The zero-order chi connectivity index (χ0) is 19.6. The first kappa shape index (κ1) is 17.2. The van der Waals surface area contributed by atoms with Gasteiger partial charge in [-0.2, -0.15) is 0 Å². The Bertz CT molecular complexity index is 1150. The first-order valence-electron chi connectivity index (χ1n) is 9.20. The van der Waals surface area contributed by atoms with E-state index in [9.17, 15) is 4.79 Å². The maximum atomic E-state index is 12.7. The number of amides is 1. The van der Waals surface area contributed by atoms with Crippen LogP contribution in [-0.4, -0.2) is 32.4 Å². The molecule has 0 saturated heterocycles. The van der Waals surface area contributed by atoms with Crippen molar-refractivity contribution in [1.82, 2.24) is 25.2 Å². The van der Waals surface area contributed by atoms with Gasteiger partial charge in [-0.1, -0.05) is 47.6 Å². The van der Waals surface area contributed by atoms with Crippen LogP contribution in [0.15, 0.2) is 71.5 Å². The molecule has 1 atom stereocenters. The summed E-state index contributed by atoms with van der Waals surface area (Å²) in [5.41, 5.74) is 2.12. The number of carbonyl (C=O) groups is 1. The highest BCUT2D eigenvalue weighted by atomic mass is 16.5. The Kier molecular flexibility index (Phi) is 4.28. The molecule has 1 amide bonds. The second-order valence-electron chi connectivity index (χ2n) is 6.70. The number of para-hydroxylation sites is 2. The summed E-state index contributed by atoms with van der Waals surface area (Å²) < 4.78 is 13.0.